The molecule has 0 unspecified atom stereocenters. The first-order valence-electron chi connectivity index (χ1n) is 6.65. The number of methoxy groups -OCH3 is 1. The number of allylic oxidation sites excluding steroid dienone is 1. The molecule has 0 radical (unpaired) electrons. The average Bonchev–Trinajstić information content (AvgIpc) is 2.88. The molecule has 4 heteroatoms. The summed E-state index contributed by atoms with van der Waals surface area (Å²) in [6.07, 6.45) is 1.71. The molecule has 0 saturated heterocycles. The Morgan fingerprint density at radius 1 is 1.24 bits per heavy atom. The van der Waals surface area contributed by atoms with Crippen LogP contribution in [0, 0.1) is 5.82 Å². The molecular formula is C17H15FN2O. The van der Waals surface area contributed by atoms with Gasteiger partial charge in [-0.05, 0) is 30.3 Å². The number of para-hydroxylation sites is 1. The summed E-state index contributed by atoms with van der Waals surface area (Å²) in [6.45, 7) is 4.16. The van der Waals surface area contributed by atoms with E-state index in [4.69, 9.17) is 4.74 Å². The van der Waals surface area contributed by atoms with Crippen molar-refractivity contribution in [2.75, 3.05) is 7.11 Å². The summed E-state index contributed by atoms with van der Waals surface area (Å²) in [6, 6.07) is 12.6. The van der Waals surface area contributed by atoms with Gasteiger partial charge in [-0.1, -0.05) is 18.2 Å². The van der Waals surface area contributed by atoms with Gasteiger partial charge in [0, 0.05) is 10.9 Å². The maximum Gasteiger partial charge on any atom is 0.149 e. The number of benzene rings is 2. The van der Waals surface area contributed by atoms with Crippen LogP contribution in [0.3, 0.4) is 0 Å². The first-order chi connectivity index (χ1) is 10.2. The number of hydrogen-bond acceptors (Lipinski definition) is 2. The van der Waals surface area contributed by atoms with E-state index in [0.717, 1.165) is 22.4 Å². The Labute approximate surface area is 122 Å². The summed E-state index contributed by atoms with van der Waals surface area (Å²) in [4.78, 5) is 0. The Morgan fingerprint density at radius 2 is 2.00 bits per heavy atom. The van der Waals surface area contributed by atoms with Gasteiger partial charge in [0.15, 0.2) is 0 Å². The van der Waals surface area contributed by atoms with Crippen molar-refractivity contribution in [1.82, 2.24) is 9.78 Å². The van der Waals surface area contributed by atoms with Crippen molar-refractivity contribution in [3.8, 4) is 17.0 Å². The molecule has 0 aliphatic carbocycles. The normalized spacial score (nSPS) is 10.8. The minimum atomic E-state index is -0.276. The smallest absolute Gasteiger partial charge is 0.149 e. The molecule has 0 atom stereocenters. The molecule has 3 nitrogen and oxygen atoms in total. The van der Waals surface area contributed by atoms with Crippen molar-refractivity contribution < 1.29 is 9.13 Å². The van der Waals surface area contributed by atoms with Crippen molar-refractivity contribution in [1.29, 1.82) is 0 Å². The van der Waals surface area contributed by atoms with Gasteiger partial charge >= 0.3 is 0 Å². The van der Waals surface area contributed by atoms with E-state index in [9.17, 15) is 4.39 Å². The molecule has 0 aliphatic heterocycles. The zero-order valence-electron chi connectivity index (χ0n) is 11.7. The van der Waals surface area contributed by atoms with Gasteiger partial charge in [0.1, 0.15) is 22.8 Å². The summed E-state index contributed by atoms with van der Waals surface area (Å²) >= 11 is 0. The summed E-state index contributed by atoms with van der Waals surface area (Å²) in [7, 11) is 1.62. The first-order valence-corrected chi connectivity index (χ1v) is 6.65. The van der Waals surface area contributed by atoms with Crippen molar-refractivity contribution in [2.45, 2.75) is 6.54 Å². The van der Waals surface area contributed by atoms with Crippen LogP contribution >= 0.6 is 0 Å². The van der Waals surface area contributed by atoms with Crippen LogP contribution in [0.2, 0.25) is 0 Å². The van der Waals surface area contributed by atoms with Crippen LogP contribution in [0.15, 0.2) is 55.1 Å². The molecule has 1 aromatic heterocycles. The van der Waals surface area contributed by atoms with E-state index >= 15 is 0 Å². The van der Waals surface area contributed by atoms with Crippen LogP contribution < -0.4 is 4.74 Å². The Balaban J connectivity index is 2.22. The van der Waals surface area contributed by atoms with Gasteiger partial charge in [-0.25, -0.2) is 4.39 Å². The third-order valence-electron chi connectivity index (χ3n) is 3.39. The van der Waals surface area contributed by atoms with Crippen LogP contribution in [0.1, 0.15) is 0 Å². The van der Waals surface area contributed by atoms with Gasteiger partial charge in [0.2, 0.25) is 0 Å². The Hall–Kier alpha value is -2.62. The zero-order chi connectivity index (χ0) is 14.8. The van der Waals surface area contributed by atoms with Gasteiger partial charge in [-0.2, -0.15) is 5.10 Å². The molecule has 2 aromatic carbocycles. The largest absolute Gasteiger partial charge is 0.497 e. The molecule has 0 N–H and O–H groups in total. The molecule has 0 bridgehead atoms. The summed E-state index contributed by atoms with van der Waals surface area (Å²) in [5.74, 6) is 0.501. The molecule has 0 saturated carbocycles. The second-order valence-electron chi connectivity index (χ2n) is 4.68. The first kappa shape index (κ1) is 13.4. The average molecular weight is 282 g/mol. The summed E-state index contributed by atoms with van der Waals surface area (Å²) in [5.41, 5.74) is 2.19. The number of aromatic nitrogens is 2. The van der Waals surface area contributed by atoms with E-state index in [1.165, 1.54) is 6.07 Å². The molecular weight excluding hydrogens is 267 g/mol. The molecule has 0 amide bonds. The monoisotopic (exact) mass is 282 g/mol. The number of ether oxygens (including phenoxy) is 1. The molecule has 0 aliphatic rings. The van der Waals surface area contributed by atoms with E-state index in [1.807, 2.05) is 30.3 Å². The molecule has 1 heterocycles. The predicted octanol–water partition coefficient (Wildman–Crippen LogP) is 4.04. The molecule has 0 fully saturated rings. The maximum absolute atomic E-state index is 14.1. The SMILES string of the molecule is C=CCn1nc(-c2ccc(OC)cc2)c2cccc(F)c21. The van der Waals surface area contributed by atoms with E-state index in [0.29, 0.717) is 12.1 Å². The van der Waals surface area contributed by atoms with E-state index in [-0.39, 0.29) is 5.82 Å². The highest BCUT2D eigenvalue weighted by molar-refractivity contribution is 5.93. The highest BCUT2D eigenvalue weighted by Gasteiger charge is 2.14. The van der Waals surface area contributed by atoms with Crippen LogP contribution in [0.4, 0.5) is 4.39 Å². The lowest BCUT2D eigenvalue weighted by atomic mass is 10.1. The standard InChI is InChI=1S/C17H15FN2O/c1-3-11-20-17-14(5-4-6-15(17)18)16(19-20)12-7-9-13(21-2)10-8-12/h3-10H,1,11H2,2H3. The minimum absolute atomic E-state index is 0.276. The third-order valence-corrected chi connectivity index (χ3v) is 3.39. The minimum Gasteiger partial charge on any atom is -0.497 e. The Kier molecular flexibility index (Phi) is 3.44. The van der Waals surface area contributed by atoms with Gasteiger partial charge < -0.3 is 4.74 Å². The maximum atomic E-state index is 14.1. The topological polar surface area (TPSA) is 27.1 Å². The number of hydrogen-bond donors (Lipinski definition) is 0. The van der Waals surface area contributed by atoms with E-state index < -0.39 is 0 Å². The lowest BCUT2D eigenvalue weighted by molar-refractivity contribution is 0.415. The number of nitrogens with zero attached hydrogens (tertiary/aromatic N) is 2. The zero-order valence-corrected chi connectivity index (χ0v) is 11.7. The van der Waals surface area contributed by atoms with Crippen LogP contribution in [-0.2, 0) is 6.54 Å². The summed E-state index contributed by atoms with van der Waals surface area (Å²) < 4.78 is 20.9. The van der Waals surface area contributed by atoms with Gasteiger partial charge in [0.05, 0.1) is 13.7 Å². The Morgan fingerprint density at radius 3 is 2.67 bits per heavy atom. The Bertz CT molecular complexity index is 790. The van der Waals surface area contributed by atoms with Crippen molar-refractivity contribution in [3.05, 3.63) is 60.9 Å². The molecule has 3 aromatic rings. The molecule has 106 valence electrons. The lowest BCUT2D eigenvalue weighted by Crippen LogP contribution is -1.98. The quantitative estimate of drug-likeness (QED) is 0.675. The molecule has 3 rings (SSSR count). The van der Waals surface area contributed by atoms with Gasteiger partial charge in [-0.3, -0.25) is 4.68 Å². The van der Waals surface area contributed by atoms with E-state index in [1.54, 1.807) is 23.9 Å². The lowest BCUT2D eigenvalue weighted by Gasteiger charge is -2.01. The predicted molar refractivity (Wildman–Crippen MR) is 81.9 cm³/mol. The fourth-order valence-corrected chi connectivity index (χ4v) is 2.41. The van der Waals surface area contributed by atoms with Crippen LogP contribution in [-0.4, -0.2) is 16.9 Å². The fourth-order valence-electron chi connectivity index (χ4n) is 2.41. The fraction of sp³-hybridized carbons (Fsp3) is 0.118. The summed E-state index contributed by atoms with van der Waals surface area (Å²) in [5, 5.41) is 5.32. The van der Waals surface area contributed by atoms with Gasteiger partial charge in [-0.15, -0.1) is 6.58 Å². The van der Waals surface area contributed by atoms with Gasteiger partial charge in [0.25, 0.3) is 0 Å². The van der Waals surface area contributed by atoms with Crippen LogP contribution in [0.25, 0.3) is 22.2 Å². The molecule has 21 heavy (non-hydrogen) atoms. The number of rotatable bonds is 4. The second-order valence-corrected chi connectivity index (χ2v) is 4.68. The van der Waals surface area contributed by atoms with Crippen molar-refractivity contribution in [3.63, 3.8) is 0 Å². The number of halogens is 1. The highest BCUT2D eigenvalue weighted by Crippen LogP contribution is 2.30. The highest BCUT2D eigenvalue weighted by atomic mass is 19.1. The second kappa shape index (κ2) is 5.40. The van der Waals surface area contributed by atoms with Crippen LogP contribution in [0.5, 0.6) is 5.75 Å². The third kappa shape index (κ3) is 2.29. The van der Waals surface area contributed by atoms with Crippen molar-refractivity contribution >= 4 is 10.9 Å². The molecule has 0 spiro atoms. The van der Waals surface area contributed by atoms with E-state index in [2.05, 4.69) is 11.7 Å². The van der Waals surface area contributed by atoms with Crippen molar-refractivity contribution in [2.24, 2.45) is 0 Å². The number of fused-ring (bicyclic) bond motifs is 1.